The van der Waals surface area contributed by atoms with Gasteiger partial charge in [0.25, 0.3) is 5.69 Å². The number of carbonyl (C=O) groups excluding carboxylic acids is 1. The Morgan fingerprint density at radius 2 is 2.25 bits per heavy atom. The van der Waals surface area contributed by atoms with Crippen LogP contribution in [0.25, 0.3) is 0 Å². The van der Waals surface area contributed by atoms with Gasteiger partial charge in [-0.05, 0) is 13.0 Å². The molecular weight excluding hydrogens is 286 g/mol. The predicted octanol–water partition coefficient (Wildman–Crippen LogP) is 1.81. The van der Waals surface area contributed by atoms with Gasteiger partial charge in [0.05, 0.1) is 22.2 Å². The Labute approximate surface area is 121 Å². The van der Waals surface area contributed by atoms with Crippen LogP contribution in [-0.2, 0) is 9.53 Å². The summed E-state index contributed by atoms with van der Waals surface area (Å²) in [6.45, 7) is 2.51. The molecule has 1 atom stereocenters. The lowest BCUT2D eigenvalue weighted by atomic mass is 10.2. The molecule has 2 N–H and O–H groups in total. The molecule has 8 heteroatoms. The van der Waals surface area contributed by atoms with Crippen LogP contribution in [0.1, 0.15) is 6.92 Å². The molecule has 1 unspecified atom stereocenters. The second kappa shape index (κ2) is 7.66. The SMILES string of the molecule is COCCNC(=O)C(C)Nc1ccc([N+](=O)[O-])cc1Cl. The van der Waals surface area contributed by atoms with Crippen LogP contribution in [0.3, 0.4) is 0 Å². The van der Waals surface area contributed by atoms with Crippen LogP contribution in [0.5, 0.6) is 0 Å². The van der Waals surface area contributed by atoms with Crippen molar-refractivity contribution in [3.63, 3.8) is 0 Å². The average Bonchev–Trinajstić information content (AvgIpc) is 2.40. The van der Waals surface area contributed by atoms with Gasteiger partial charge in [-0.1, -0.05) is 11.6 Å². The number of nitrogens with one attached hydrogen (secondary N) is 2. The van der Waals surface area contributed by atoms with Crippen LogP contribution < -0.4 is 10.6 Å². The van der Waals surface area contributed by atoms with E-state index in [2.05, 4.69) is 10.6 Å². The van der Waals surface area contributed by atoms with E-state index >= 15 is 0 Å². The Kier molecular flexibility index (Phi) is 6.20. The largest absolute Gasteiger partial charge is 0.383 e. The van der Waals surface area contributed by atoms with Gasteiger partial charge in [0, 0.05) is 25.8 Å². The Balaban J connectivity index is 2.63. The summed E-state index contributed by atoms with van der Waals surface area (Å²) >= 11 is 5.93. The molecule has 0 aliphatic heterocycles. The first kappa shape index (κ1) is 16.2. The van der Waals surface area contributed by atoms with E-state index in [1.165, 1.54) is 18.2 Å². The number of hydrogen-bond acceptors (Lipinski definition) is 5. The Morgan fingerprint density at radius 1 is 1.55 bits per heavy atom. The van der Waals surface area contributed by atoms with Crippen molar-refractivity contribution in [3.8, 4) is 0 Å². The second-order valence-corrected chi connectivity index (χ2v) is 4.48. The van der Waals surface area contributed by atoms with Crippen molar-refractivity contribution in [2.45, 2.75) is 13.0 Å². The van der Waals surface area contributed by atoms with Gasteiger partial charge in [0.15, 0.2) is 0 Å². The summed E-state index contributed by atoms with van der Waals surface area (Å²) < 4.78 is 4.82. The molecule has 0 aromatic heterocycles. The summed E-state index contributed by atoms with van der Waals surface area (Å²) in [6, 6.07) is 3.51. The van der Waals surface area contributed by atoms with E-state index in [0.29, 0.717) is 18.8 Å². The maximum Gasteiger partial charge on any atom is 0.271 e. The highest BCUT2D eigenvalue weighted by molar-refractivity contribution is 6.33. The van der Waals surface area contributed by atoms with Crippen LogP contribution in [0.15, 0.2) is 18.2 Å². The Bertz CT molecular complexity index is 496. The molecule has 0 saturated carbocycles. The lowest BCUT2D eigenvalue weighted by Gasteiger charge is -2.16. The molecule has 0 fully saturated rings. The molecule has 20 heavy (non-hydrogen) atoms. The number of ether oxygens (including phenoxy) is 1. The first-order valence-electron chi connectivity index (χ1n) is 5.93. The van der Waals surface area contributed by atoms with Crippen LogP contribution >= 0.6 is 11.6 Å². The molecule has 0 aliphatic rings. The second-order valence-electron chi connectivity index (χ2n) is 4.07. The number of nitro groups is 1. The number of amides is 1. The van der Waals surface area contributed by atoms with Crippen LogP contribution in [0.4, 0.5) is 11.4 Å². The number of halogens is 1. The first-order chi connectivity index (χ1) is 9.45. The molecule has 0 heterocycles. The maximum atomic E-state index is 11.7. The topological polar surface area (TPSA) is 93.5 Å². The van der Waals surface area contributed by atoms with E-state index in [-0.39, 0.29) is 16.6 Å². The summed E-state index contributed by atoms with van der Waals surface area (Å²) in [5.41, 5.74) is 0.365. The predicted molar refractivity (Wildman–Crippen MR) is 76.1 cm³/mol. The zero-order chi connectivity index (χ0) is 15.1. The number of methoxy groups -OCH3 is 1. The average molecular weight is 302 g/mol. The minimum atomic E-state index is -0.531. The standard InChI is InChI=1S/C12H16ClN3O4/c1-8(12(17)14-5-6-20-2)15-11-4-3-9(16(18)19)7-10(11)13/h3-4,7-8,15H,5-6H2,1-2H3,(H,14,17). The van der Waals surface area contributed by atoms with E-state index in [1.54, 1.807) is 14.0 Å². The third kappa shape index (κ3) is 4.67. The minimum Gasteiger partial charge on any atom is -0.383 e. The van der Waals surface area contributed by atoms with Crippen molar-refractivity contribution >= 4 is 28.9 Å². The van der Waals surface area contributed by atoms with Crippen LogP contribution in [0.2, 0.25) is 5.02 Å². The summed E-state index contributed by atoms with van der Waals surface area (Å²) in [4.78, 5) is 21.8. The van der Waals surface area contributed by atoms with E-state index in [0.717, 1.165) is 0 Å². The Hall–Kier alpha value is -1.86. The van der Waals surface area contributed by atoms with Gasteiger partial charge >= 0.3 is 0 Å². The molecule has 1 amide bonds. The zero-order valence-electron chi connectivity index (χ0n) is 11.2. The van der Waals surface area contributed by atoms with Crippen LogP contribution in [0, 0.1) is 10.1 Å². The molecule has 1 aromatic carbocycles. The maximum absolute atomic E-state index is 11.7. The molecule has 1 aromatic rings. The molecule has 0 radical (unpaired) electrons. The molecular formula is C12H16ClN3O4. The number of non-ortho nitro benzene ring substituents is 1. The molecule has 7 nitrogen and oxygen atoms in total. The van der Waals surface area contributed by atoms with Crippen molar-refractivity contribution in [1.82, 2.24) is 5.32 Å². The third-order valence-corrected chi connectivity index (χ3v) is 2.85. The van der Waals surface area contributed by atoms with Gasteiger partial charge < -0.3 is 15.4 Å². The molecule has 0 saturated heterocycles. The number of nitro benzene ring substituents is 1. The lowest BCUT2D eigenvalue weighted by molar-refractivity contribution is -0.384. The normalized spacial score (nSPS) is 11.8. The van der Waals surface area contributed by atoms with E-state index in [1.807, 2.05) is 0 Å². The van der Waals surface area contributed by atoms with Crippen molar-refractivity contribution in [2.24, 2.45) is 0 Å². The van der Waals surface area contributed by atoms with Gasteiger partial charge in [-0.3, -0.25) is 14.9 Å². The molecule has 0 aliphatic carbocycles. The third-order valence-electron chi connectivity index (χ3n) is 2.53. The number of rotatable bonds is 7. The van der Waals surface area contributed by atoms with Gasteiger partial charge in [-0.2, -0.15) is 0 Å². The zero-order valence-corrected chi connectivity index (χ0v) is 11.9. The number of anilines is 1. The lowest BCUT2D eigenvalue weighted by Crippen LogP contribution is -2.39. The Morgan fingerprint density at radius 3 is 2.80 bits per heavy atom. The smallest absolute Gasteiger partial charge is 0.271 e. The van der Waals surface area contributed by atoms with E-state index in [9.17, 15) is 14.9 Å². The number of benzene rings is 1. The van der Waals surface area contributed by atoms with Crippen molar-refractivity contribution < 1.29 is 14.5 Å². The highest BCUT2D eigenvalue weighted by Gasteiger charge is 2.15. The molecule has 110 valence electrons. The highest BCUT2D eigenvalue weighted by atomic mass is 35.5. The number of carbonyl (C=O) groups is 1. The van der Waals surface area contributed by atoms with Gasteiger partial charge in [-0.15, -0.1) is 0 Å². The summed E-state index contributed by atoms with van der Waals surface area (Å²) in [6.07, 6.45) is 0. The number of nitrogens with zero attached hydrogens (tertiary/aromatic N) is 1. The fourth-order valence-corrected chi connectivity index (χ4v) is 1.69. The van der Waals surface area contributed by atoms with Gasteiger partial charge in [-0.25, -0.2) is 0 Å². The van der Waals surface area contributed by atoms with E-state index in [4.69, 9.17) is 16.3 Å². The summed E-state index contributed by atoms with van der Waals surface area (Å²) in [5, 5.41) is 16.4. The monoisotopic (exact) mass is 301 g/mol. The van der Waals surface area contributed by atoms with Gasteiger partial charge in [0.1, 0.15) is 6.04 Å². The van der Waals surface area contributed by atoms with Crippen molar-refractivity contribution in [2.75, 3.05) is 25.6 Å². The van der Waals surface area contributed by atoms with Gasteiger partial charge in [0.2, 0.25) is 5.91 Å². The van der Waals surface area contributed by atoms with E-state index < -0.39 is 11.0 Å². The minimum absolute atomic E-state index is 0.0993. The fourth-order valence-electron chi connectivity index (χ4n) is 1.46. The summed E-state index contributed by atoms with van der Waals surface area (Å²) in [5.74, 6) is -0.212. The highest BCUT2D eigenvalue weighted by Crippen LogP contribution is 2.27. The molecule has 0 spiro atoms. The quantitative estimate of drug-likeness (QED) is 0.455. The molecule has 0 bridgehead atoms. The number of hydrogen-bond donors (Lipinski definition) is 2. The fraction of sp³-hybridized carbons (Fsp3) is 0.417. The summed E-state index contributed by atoms with van der Waals surface area (Å²) in [7, 11) is 1.55. The first-order valence-corrected chi connectivity index (χ1v) is 6.30. The van der Waals surface area contributed by atoms with Crippen molar-refractivity contribution in [1.29, 1.82) is 0 Å². The van der Waals surface area contributed by atoms with Crippen molar-refractivity contribution in [3.05, 3.63) is 33.3 Å². The van der Waals surface area contributed by atoms with Crippen LogP contribution in [-0.4, -0.2) is 37.1 Å². The molecule has 1 rings (SSSR count).